The second-order valence-corrected chi connectivity index (χ2v) is 4.12. The third-order valence-electron chi connectivity index (χ3n) is 2.30. The molecule has 0 aliphatic carbocycles. The van der Waals surface area contributed by atoms with Crippen LogP contribution in [0.3, 0.4) is 0 Å². The van der Waals surface area contributed by atoms with Gasteiger partial charge in [0.1, 0.15) is 10.3 Å². The fraction of sp³-hybridized carbons (Fsp3) is 0.167. The van der Waals surface area contributed by atoms with E-state index in [4.69, 9.17) is 23.2 Å². The molecule has 0 aliphatic heterocycles. The van der Waals surface area contributed by atoms with Crippen LogP contribution >= 0.6 is 23.2 Å². The van der Waals surface area contributed by atoms with Gasteiger partial charge in [0.25, 0.3) is 0 Å². The average molecular weight is 253 g/mol. The molecule has 0 unspecified atom stereocenters. The van der Waals surface area contributed by atoms with Crippen LogP contribution in [0.1, 0.15) is 12.5 Å². The minimum atomic E-state index is 0.362. The van der Waals surface area contributed by atoms with E-state index in [1.54, 1.807) is 0 Å². The SMILES string of the molecule is CCc1ccccc1-c1nc(Cl)cc(Cl)n1. The molecular formula is C12H10Cl2N2. The third kappa shape index (κ3) is 2.34. The van der Waals surface area contributed by atoms with Crippen LogP contribution in [0.25, 0.3) is 11.4 Å². The van der Waals surface area contributed by atoms with Crippen LogP contribution < -0.4 is 0 Å². The van der Waals surface area contributed by atoms with Crippen LogP contribution in [0.2, 0.25) is 10.3 Å². The minimum Gasteiger partial charge on any atom is -0.216 e. The summed E-state index contributed by atoms with van der Waals surface area (Å²) in [7, 11) is 0. The van der Waals surface area contributed by atoms with E-state index in [1.807, 2.05) is 24.3 Å². The summed E-state index contributed by atoms with van der Waals surface area (Å²) < 4.78 is 0. The fourth-order valence-electron chi connectivity index (χ4n) is 1.56. The summed E-state index contributed by atoms with van der Waals surface area (Å²) in [5.41, 5.74) is 2.16. The van der Waals surface area contributed by atoms with Crippen LogP contribution in [0, 0.1) is 0 Å². The number of hydrogen-bond acceptors (Lipinski definition) is 2. The lowest BCUT2D eigenvalue weighted by atomic mass is 10.1. The second kappa shape index (κ2) is 4.81. The van der Waals surface area contributed by atoms with E-state index in [9.17, 15) is 0 Å². The zero-order valence-electron chi connectivity index (χ0n) is 8.74. The smallest absolute Gasteiger partial charge is 0.162 e. The summed E-state index contributed by atoms with van der Waals surface area (Å²) in [6.07, 6.45) is 0.920. The van der Waals surface area contributed by atoms with Crippen LogP contribution in [-0.2, 0) is 6.42 Å². The first kappa shape index (κ1) is 11.4. The number of halogens is 2. The van der Waals surface area contributed by atoms with Crippen molar-refractivity contribution in [2.45, 2.75) is 13.3 Å². The van der Waals surface area contributed by atoms with E-state index in [2.05, 4.69) is 16.9 Å². The maximum Gasteiger partial charge on any atom is 0.162 e. The molecule has 0 saturated heterocycles. The molecule has 4 heteroatoms. The van der Waals surface area contributed by atoms with Crippen molar-refractivity contribution in [1.29, 1.82) is 0 Å². The maximum absolute atomic E-state index is 5.86. The highest BCUT2D eigenvalue weighted by Crippen LogP contribution is 2.23. The van der Waals surface area contributed by atoms with Gasteiger partial charge in [0.05, 0.1) is 0 Å². The Bertz CT molecular complexity index is 492. The van der Waals surface area contributed by atoms with Crippen molar-refractivity contribution >= 4 is 23.2 Å². The third-order valence-corrected chi connectivity index (χ3v) is 2.69. The van der Waals surface area contributed by atoms with E-state index in [1.165, 1.54) is 11.6 Å². The highest BCUT2D eigenvalue weighted by atomic mass is 35.5. The second-order valence-electron chi connectivity index (χ2n) is 3.35. The molecular weight excluding hydrogens is 243 g/mol. The molecule has 1 aromatic carbocycles. The molecule has 2 rings (SSSR count). The highest BCUT2D eigenvalue weighted by molar-refractivity contribution is 6.33. The van der Waals surface area contributed by atoms with Gasteiger partial charge in [0, 0.05) is 11.6 Å². The van der Waals surface area contributed by atoms with Gasteiger partial charge in [-0.3, -0.25) is 0 Å². The first-order valence-corrected chi connectivity index (χ1v) is 5.74. The zero-order valence-corrected chi connectivity index (χ0v) is 10.3. The molecule has 1 aromatic heterocycles. The molecule has 0 N–H and O–H groups in total. The first-order valence-electron chi connectivity index (χ1n) is 4.99. The molecule has 2 aromatic rings. The van der Waals surface area contributed by atoms with E-state index >= 15 is 0 Å². The standard InChI is InChI=1S/C12H10Cl2N2/c1-2-8-5-3-4-6-9(8)12-15-10(13)7-11(14)16-12/h3-7H,2H2,1H3. The van der Waals surface area contributed by atoms with Crippen LogP contribution in [0.5, 0.6) is 0 Å². The molecule has 0 spiro atoms. The molecule has 0 fully saturated rings. The Hall–Kier alpha value is -1.12. The lowest BCUT2D eigenvalue weighted by Crippen LogP contribution is -1.94. The van der Waals surface area contributed by atoms with E-state index in [-0.39, 0.29) is 0 Å². The molecule has 0 aliphatic rings. The van der Waals surface area contributed by atoms with Gasteiger partial charge in [-0.15, -0.1) is 0 Å². The monoisotopic (exact) mass is 252 g/mol. The summed E-state index contributed by atoms with van der Waals surface area (Å²) in [5, 5.41) is 0.724. The number of benzene rings is 1. The van der Waals surface area contributed by atoms with Crippen molar-refractivity contribution in [3.63, 3.8) is 0 Å². The summed E-state index contributed by atoms with van der Waals surface area (Å²) in [4.78, 5) is 8.37. The van der Waals surface area contributed by atoms with Crippen LogP contribution in [0.4, 0.5) is 0 Å². The van der Waals surface area contributed by atoms with Gasteiger partial charge in [-0.05, 0) is 12.0 Å². The molecule has 2 nitrogen and oxygen atoms in total. The van der Waals surface area contributed by atoms with E-state index in [0.717, 1.165) is 12.0 Å². The summed E-state index contributed by atoms with van der Waals surface area (Å²) in [5.74, 6) is 0.579. The van der Waals surface area contributed by atoms with Crippen molar-refractivity contribution < 1.29 is 0 Å². The topological polar surface area (TPSA) is 25.8 Å². The Morgan fingerprint density at radius 2 is 1.69 bits per heavy atom. The number of aryl methyl sites for hydroxylation is 1. The summed E-state index contributed by atoms with van der Waals surface area (Å²) >= 11 is 11.7. The predicted molar refractivity (Wildman–Crippen MR) is 66.9 cm³/mol. The minimum absolute atomic E-state index is 0.362. The van der Waals surface area contributed by atoms with Gasteiger partial charge in [-0.2, -0.15) is 0 Å². The van der Waals surface area contributed by atoms with Gasteiger partial charge in [0.2, 0.25) is 0 Å². The van der Waals surface area contributed by atoms with Gasteiger partial charge >= 0.3 is 0 Å². The Kier molecular flexibility index (Phi) is 3.42. The Morgan fingerprint density at radius 3 is 2.31 bits per heavy atom. The normalized spacial score (nSPS) is 10.4. The number of rotatable bonds is 2. The molecule has 1 heterocycles. The van der Waals surface area contributed by atoms with Gasteiger partial charge in [-0.1, -0.05) is 54.4 Å². The zero-order chi connectivity index (χ0) is 11.5. The van der Waals surface area contributed by atoms with Gasteiger partial charge in [-0.25, -0.2) is 9.97 Å². The molecule has 82 valence electrons. The maximum atomic E-state index is 5.86. The molecule has 0 saturated carbocycles. The largest absolute Gasteiger partial charge is 0.216 e. The lowest BCUT2D eigenvalue weighted by Gasteiger charge is -2.06. The Labute approximate surface area is 104 Å². The molecule has 0 radical (unpaired) electrons. The fourth-order valence-corrected chi connectivity index (χ4v) is 1.98. The summed E-state index contributed by atoms with van der Waals surface area (Å²) in [6.45, 7) is 2.09. The first-order chi connectivity index (χ1) is 7.70. The average Bonchev–Trinajstić information content (AvgIpc) is 2.27. The molecule has 16 heavy (non-hydrogen) atoms. The van der Waals surface area contributed by atoms with Crippen molar-refractivity contribution in [2.75, 3.05) is 0 Å². The van der Waals surface area contributed by atoms with Gasteiger partial charge < -0.3 is 0 Å². The quantitative estimate of drug-likeness (QED) is 0.755. The Morgan fingerprint density at radius 1 is 1.06 bits per heavy atom. The number of hydrogen-bond donors (Lipinski definition) is 0. The number of nitrogens with zero attached hydrogens (tertiary/aromatic N) is 2. The molecule has 0 amide bonds. The molecule has 0 bridgehead atoms. The van der Waals surface area contributed by atoms with E-state index in [0.29, 0.717) is 16.1 Å². The summed E-state index contributed by atoms with van der Waals surface area (Å²) in [6, 6.07) is 9.50. The lowest BCUT2D eigenvalue weighted by molar-refractivity contribution is 1.11. The molecule has 0 atom stereocenters. The van der Waals surface area contributed by atoms with Crippen molar-refractivity contribution in [3.05, 3.63) is 46.2 Å². The van der Waals surface area contributed by atoms with E-state index < -0.39 is 0 Å². The van der Waals surface area contributed by atoms with Crippen LogP contribution in [0.15, 0.2) is 30.3 Å². The number of aromatic nitrogens is 2. The Balaban J connectivity index is 2.58. The van der Waals surface area contributed by atoms with Crippen molar-refractivity contribution in [2.24, 2.45) is 0 Å². The van der Waals surface area contributed by atoms with Gasteiger partial charge in [0.15, 0.2) is 5.82 Å². The predicted octanol–water partition coefficient (Wildman–Crippen LogP) is 4.01. The van der Waals surface area contributed by atoms with Crippen LogP contribution in [-0.4, -0.2) is 9.97 Å². The highest BCUT2D eigenvalue weighted by Gasteiger charge is 2.08. The van der Waals surface area contributed by atoms with Crippen molar-refractivity contribution in [3.8, 4) is 11.4 Å². The van der Waals surface area contributed by atoms with Crippen molar-refractivity contribution in [1.82, 2.24) is 9.97 Å².